The molecular formula is C30H35F3N4O7. The van der Waals surface area contributed by atoms with Gasteiger partial charge in [-0.05, 0) is 43.2 Å². The summed E-state index contributed by atoms with van der Waals surface area (Å²) < 4.78 is 37.2. The van der Waals surface area contributed by atoms with Crippen LogP contribution in [-0.4, -0.2) is 88.5 Å². The highest BCUT2D eigenvalue weighted by Crippen LogP contribution is 2.21. The van der Waals surface area contributed by atoms with Crippen molar-refractivity contribution in [3.8, 4) is 0 Å². The summed E-state index contributed by atoms with van der Waals surface area (Å²) in [6.07, 6.45) is -2.27. The number of aliphatic carboxylic acids is 1. The number of esters is 1. The Kier molecular flexibility index (Phi) is 12.3. The second-order valence-corrected chi connectivity index (χ2v) is 10.3. The maximum absolute atomic E-state index is 13.0. The average Bonchev–Trinajstić information content (AvgIpc) is 3.70. The fourth-order valence-electron chi connectivity index (χ4n) is 4.99. The Balaban J connectivity index is 0.000000676. The summed E-state index contributed by atoms with van der Waals surface area (Å²) in [5.41, 5.74) is 8.00. The molecular weight excluding hydrogens is 585 g/mol. The Hall–Kier alpha value is -4.46. The van der Waals surface area contributed by atoms with Crippen molar-refractivity contribution in [2.24, 2.45) is 5.73 Å². The average molecular weight is 621 g/mol. The first-order valence-corrected chi connectivity index (χ1v) is 14.1. The molecule has 2 aromatic rings. The number of amides is 3. The van der Waals surface area contributed by atoms with E-state index in [0.29, 0.717) is 45.2 Å². The summed E-state index contributed by atoms with van der Waals surface area (Å²) in [6, 6.07) is 16.8. The Labute approximate surface area is 252 Å². The summed E-state index contributed by atoms with van der Waals surface area (Å²) in [6.45, 7) is 0.791. The molecule has 2 saturated heterocycles. The van der Waals surface area contributed by atoms with E-state index in [2.05, 4.69) is 5.32 Å². The van der Waals surface area contributed by atoms with Crippen molar-refractivity contribution < 1.29 is 47.0 Å². The fraction of sp³-hybridized carbons (Fsp3) is 0.433. The van der Waals surface area contributed by atoms with Gasteiger partial charge in [0.15, 0.2) is 0 Å². The van der Waals surface area contributed by atoms with Crippen molar-refractivity contribution in [3.63, 3.8) is 0 Å². The summed E-state index contributed by atoms with van der Waals surface area (Å²) in [7, 11) is 0. The van der Waals surface area contributed by atoms with Crippen LogP contribution in [0.5, 0.6) is 0 Å². The van der Waals surface area contributed by atoms with Gasteiger partial charge in [0.05, 0.1) is 12.6 Å². The Morgan fingerprint density at radius 1 is 0.886 bits per heavy atom. The van der Waals surface area contributed by atoms with Crippen molar-refractivity contribution in [2.75, 3.05) is 19.6 Å². The number of likely N-dealkylation sites (tertiary alicyclic amines) is 2. The standard InChI is InChI=1S/C28H34N4O5.C2HF3O2/c29-22(17-20-9-3-1-4-10-20)27(35)32-16-7-13-23(32)26(34)30-18-25(33)31-15-8-14-24(31)28(36)37-19-21-11-5-2-6-12-21;3-2(4,5)1(6)7/h1-6,9-12,22-24H,7-8,13-19,29H2,(H,30,34);(H,6,7)/t22-,23-,24-;/m0./s1. The van der Waals surface area contributed by atoms with E-state index in [1.165, 1.54) is 9.80 Å². The molecule has 2 aliphatic heterocycles. The maximum atomic E-state index is 13.0. The minimum atomic E-state index is -5.08. The molecule has 2 heterocycles. The van der Waals surface area contributed by atoms with Gasteiger partial charge in [0.25, 0.3) is 0 Å². The van der Waals surface area contributed by atoms with Gasteiger partial charge >= 0.3 is 18.1 Å². The predicted octanol–water partition coefficient (Wildman–Crippen LogP) is 2.03. The summed E-state index contributed by atoms with van der Waals surface area (Å²) in [4.78, 5) is 63.3. The number of carbonyl (C=O) groups excluding carboxylic acids is 4. The molecule has 0 saturated carbocycles. The van der Waals surface area contributed by atoms with E-state index < -0.39 is 36.2 Å². The largest absolute Gasteiger partial charge is 0.490 e. The van der Waals surface area contributed by atoms with E-state index in [4.69, 9.17) is 20.4 Å². The molecule has 14 heteroatoms. The third-order valence-corrected chi connectivity index (χ3v) is 7.18. The van der Waals surface area contributed by atoms with Gasteiger partial charge in [-0.3, -0.25) is 14.4 Å². The molecule has 0 radical (unpaired) electrons. The number of ether oxygens (including phenoxy) is 1. The molecule has 0 aromatic heterocycles. The van der Waals surface area contributed by atoms with Crippen LogP contribution in [0.25, 0.3) is 0 Å². The van der Waals surface area contributed by atoms with Gasteiger partial charge in [-0.1, -0.05) is 60.7 Å². The molecule has 0 spiro atoms. The zero-order valence-corrected chi connectivity index (χ0v) is 23.9. The van der Waals surface area contributed by atoms with Gasteiger partial charge in [0.1, 0.15) is 18.7 Å². The van der Waals surface area contributed by atoms with Crippen molar-refractivity contribution in [1.82, 2.24) is 15.1 Å². The van der Waals surface area contributed by atoms with Gasteiger partial charge in [-0.15, -0.1) is 0 Å². The first kappa shape index (κ1) is 34.0. The molecule has 3 atom stereocenters. The molecule has 0 bridgehead atoms. The molecule has 2 aromatic carbocycles. The number of nitrogens with zero attached hydrogens (tertiary/aromatic N) is 2. The third-order valence-electron chi connectivity index (χ3n) is 7.18. The van der Waals surface area contributed by atoms with E-state index in [0.717, 1.165) is 11.1 Å². The number of hydrogen-bond acceptors (Lipinski definition) is 7. The number of halogens is 3. The molecule has 4 rings (SSSR count). The number of nitrogens with two attached hydrogens (primary N) is 1. The predicted molar refractivity (Wildman–Crippen MR) is 151 cm³/mol. The van der Waals surface area contributed by atoms with Crippen molar-refractivity contribution in [3.05, 3.63) is 71.8 Å². The van der Waals surface area contributed by atoms with Crippen LogP contribution in [0.1, 0.15) is 36.8 Å². The van der Waals surface area contributed by atoms with Crippen molar-refractivity contribution in [2.45, 2.75) is 63.0 Å². The highest BCUT2D eigenvalue weighted by Gasteiger charge is 2.39. The molecule has 238 valence electrons. The number of nitrogens with one attached hydrogen (secondary N) is 1. The highest BCUT2D eigenvalue weighted by atomic mass is 19.4. The van der Waals surface area contributed by atoms with E-state index in [1.807, 2.05) is 60.7 Å². The molecule has 0 unspecified atom stereocenters. The Bertz CT molecular complexity index is 1290. The maximum Gasteiger partial charge on any atom is 0.490 e. The van der Waals surface area contributed by atoms with Crippen molar-refractivity contribution in [1.29, 1.82) is 0 Å². The van der Waals surface area contributed by atoms with E-state index >= 15 is 0 Å². The number of benzene rings is 2. The zero-order chi connectivity index (χ0) is 32.3. The lowest BCUT2D eigenvalue weighted by atomic mass is 10.1. The topological polar surface area (TPSA) is 159 Å². The van der Waals surface area contributed by atoms with E-state index in [-0.39, 0.29) is 30.9 Å². The molecule has 3 amide bonds. The van der Waals surface area contributed by atoms with Crippen LogP contribution in [0.15, 0.2) is 60.7 Å². The van der Waals surface area contributed by atoms with Crippen LogP contribution in [0.2, 0.25) is 0 Å². The summed E-state index contributed by atoms with van der Waals surface area (Å²) in [5, 5.41) is 9.80. The first-order valence-electron chi connectivity index (χ1n) is 14.1. The lowest BCUT2D eigenvalue weighted by molar-refractivity contribution is -0.192. The van der Waals surface area contributed by atoms with Gasteiger partial charge in [-0.2, -0.15) is 13.2 Å². The summed E-state index contributed by atoms with van der Waals surface area (Å²) >= 11 is 0. The van der Waals surface area contributed by atoms with Crippen LogP contribution in [0.3, 0.4) is 0 Å². The molecule has 0 aliphatic carbocycles. The lowest BCUT2D eigenvalue weighted by Crippen LogP contribution is -2.53. The van der Waals surface area contributed by atoms with Crippen LogP contribution in [0, 0.1) is 0 Å². The van der Waals surface area contributed by atoms with Crippen LogP contribution < -0.4 is 11.1 Å². The van der Waals surface area contributed by atoms with Gasteiger partial charge in [0, 0.05) is 13.1 Å². The Morgan fingerprint density at radius 3 is 1.98 bits per heavy atom. The normalized spacial score (nSPS) is 18.5. The van der Waals surface area contributed by atoms with Gasteiger partial charge in [-0.25, -0.2) is 9.59 Å². The number of carbonyl (C=O) groups is 5. The monoisotopic (exact) mass is 620 g/mol. The second kappa shape index (κ2) is 15.8. The lowest BCUT2D eigenvalue weighted by Gasteiger charge is -2.27. The van der Waals surface area contributed by atoms with E-state index in [1.54, 1.807) is 0 Å². The third kappa shape index (κ3) is 9.79. The molecule has 11 nitrogen and oxygen atoms in total. The minimum absolute atomic E-state index is 0.146. The second-order valence-electron chi connectivity index (χ2n) is 10.3. The number of carboxylic acids is 1. The fourth-order valence-corrected chi connectivity index (χ4v) is 4.99. The number of carboxylic acid groups (broad SMARTS) is 1. The molecule has 4 N–H and O–H groups in total. The molecule has 44 heavy (non-hydrogen) atoms. The number of hydrogen-bond donors (Lipinski definition) is 3. The van der Waals surface area contributed by atoms with Crippen LogP contribution in [-0.2, 0) is 41.7 Å². The van der Waals surface area contributed by atoms with Crippen LogP contribution in [0.4, 0.5) is 13.2 Å². The summed E-state index contributed by atoms with van der Waals surface area (Å²) in [5.74, 6) is -4.19. The van der Waals surface area contributed by atoms with Gasteiger partial charge in [0.2, 0.25) is 17.7 Å². The Morgan fingerprint density at radius 2 is 1.41 bits per heavy atom. The minimum Gasteiger partial charge on any atom is -0.475 e. The SMILES string of the molecule is N[C@@H](Cc1ccccc1)C(=O)N1CCC[C@H]1C(=O)NCC(=O)N1CCC[C@H]1C(=O)OCc1ccccc1.O=C(O)C(F)(F)F. The van der Waals surface area contributed by atoms with Crippen molar-refractivity contribution >= 4 is 29.7 Å². The number of alkyl halides is 3. The molecule has 2 fully saturated rings. The van der Waals surface area contributed by atoms with Crippen LogP contribution >= 0.6 is 0 Å². The van der Waals surface area contributed by atoms with E-state index in [9.17, 15) is 32.3 Å². The molecule has 2 aliphatic rings. The quantitative estimate of drug-likeness (QED) is 0.359. The van der Waals surface area contributed by atoms with Gasteiger partial charge < -0.3 is 30.7 Å². The zero-order valence-electron chi connectivity index (χ0n) is 23.9. The first-order chi connectivity index (χ1) is 20.9. The number of rotatable bonds is 9. The smallest absolute Gasteiger partial charge is 0.475 e. The highest BCUT2D eigenvalue weighted by molar-refractivity contribution is 5.93.